The van der Waals surface area contributed by atoms with Crippen LogP contribution >= 0.6 is 15.9 Å². The molecule has 0 fully saturated rings. The van der Waals surface area contributed by atoms with Crippen molar-refractivity contribution in [3.05, 3.63) is 65.2 Å². The third-order valence-electron chi connectivity index (χ3n) is 4.52. The lowest BCUT2D eigenvalue weighted by Gasteiger charge is -2.24. The fourth-order valence-corrected chi connectivity index (χ4v) is 3.49. The van der Waals surface area contributed by atoms with Crippen molar-refractivity contribution in [1.82, 2.24) is 4.90 Å². The summed E-state index contributed by atoms with van der Waals surface area (Å²) >= 11 is 3.44. The molecule has 2 N–H and O–H groups in total. The second-order valence-corrected chi connectivity index (χ2v) is 6.98. The molecular formula is C20H21BrN2O3. The molecule has 0 saturated heterocycles. The van der Waals surface area contributed by atoms with Crippen molar-refractivity contribution in [3.8, 4) is 0 Å². The van der Waals surface area contributed by atoms with Crippen LogP contribution in [0.4, 0.5) is 5.69 Å². The lowest BCUT2D eigenvalue weighted by atomic mass is 10.1. The topological polar surface area (TPSA) is 69.6 Å². The molecule has 2 aromatic carbocycles. The molecule has 0 aromatic heterocycles. The molecule has 0 spiro atoms. The number of carboxylic acid groups (broad SMARTS) is 1. The molecule has 1 atom stereocenters. The SMILES string of the molecule is O=C(O)CC1Nc2cc(CBr)ccc2CN(CCc2ccccc2)C1=O. The number of benzene rings is 2. The Morgan fingerprint density at radius 2 is 1.96 bits per heavy atom. The molecule has 1 amide bonds. The van der Waals surface area contributed by atoms with E-state index < -0.39 is 12.0 Å². The molecule has 0 radical (unpaired) electrons. The third kappa shape index (κ3) is 4.43. The van der Waals surface area contributed by atoms with Gasteiger partial charge in [-0.15, -0.1) is 0 Å². The molecular weight excluding hydrogens is 396 g/mol. The fraction of sp³-hybridized carbons (Fsp3) is 0.300. The number of rotatable bonds is 6. The standard InChI is InChI=1S/C20H21BrN2O3/c21-12-15-6-7-16-13-23(9-8-14-4-2-1-3-5-14)20(26)18(11-19(24)25)22-17(16)10-15/h1-7,10,18,22H,8-9,11-13H2,(H,24,25). The molecule has 1 aliphatic heterocycles. The molecule has 136 valence electrons. The van der Waals surface area contributed by atoms with Gasteiger partial charge in [-0.25, -0.2) is 0 Å². The molecule has 2 aromatic rings. The quantitative estimate of drug-likeness (QED) is 0.707. The van der Waals surface area contributed by atoms with Gasteiger partial charge in [0, 0.05) is 24.1 Å². The molecule has 1 heterocycles. The average molecular weight is 417 g/mol. The molecule has 0 bridgehead atoms. The van der Waals surface area contributed by atoms with Gasteiger partial charge in [0.1, 0.15) is 6.04 Å². The summed E-state index contributed by atoms with van der Waals surface area (Å²) in [5.74, 6) is -1.15. The highest BCUT2D eigenvalue weighted by atomic mass is 79.9. The summed E-state index contributed by atoms with van der Waals surface area (Å²) in [6, 6.07) is 15.2. The van der Waals surface area contributed by atoms with Crippen molar-refractivity contribution in [2.24, 2.45) is 0 Å². The molecule has 1 unspecified atom stereocenters. The number of fused-ring (bicyclic) bond motifs is 1. The number of anilines is 1. The van der Waals surface area contributed by atoms with Crippen LogP contribution in [0.15, 0.2) is 48.5 Å². The van der Waals surface area contributed by atoms with Crippen LogP contribution in [0.25, 0.3) is 0 Å². The van der Waals surface area contributed by atoms with Gasteiger partial charge in [-0.05, 0) is 29.2 Å². The lowest BCUT2D eigenvalue weighted by Crippen LogP contribution is -2.42. The van der Waals surface area contributed by atoms with E-state index in [4.69, 9.17) is 0 Å². The Balaban J connectivity index is 1.84. The predicted octanol–water partition coefficient (Wildman–Crippen LogP) is 3.42. The van der Waals surface area contributed by atoms with Crippen molar-refractivity contribution in [3.63, 3.8) is 0 Å². The summed E-state index contributed by atoms with van der Waals surface area (Å²) in [5.41, 5.74) is 4.07. The van der Waals surface area contributed by atoms with Gasteiger partial charge >= 0.3 is 5.97 Å². The van der Waals surface area contributed by atoms with E-state index in [1.165, 1.54) is 0 Å². The summed E-state index contributed by atoms with van der Waals surface area (Å²) in [4.78, 5) is 25.9. The normalized spacial score (nSPS) is 16.6. The number of hydrogen-bond acceptors (Lipinski definition) is 3. The first-order valence-corrected chi connectivity index (χ1v) is 9.68. The van der Waals surface area contributed by atoms with Gasteiger partial charge in [0.25, 0.3) is 0 Å². The Morgan fingerprint density at radius 1 is 1.19 bits per heavy atom. The largest absolute Gasteiger partial charge is 0.481 e. The van der Waals surface area contributed by atoms with Crippen LogP contribution in [0.1, 0.15) is 23.1 Å². The lowest BCUT2D eigenvalue weighted by molar-refractivity contribution is -0.141. The van der Waals surface area contributed by atoms with Crippen molar-refractivity contribution >= 4 is 33.5 Å². The maximum atomic E-state index is 12.9. The number of amides is 1. The van der Waals surface area contributed by atoms with E-state index in [0.717, 1.165) is 28.8 Å². The van der Waals surface area contributed by atoms with E-state index in [1.54, 1.807) is 4.90 Å². The number of nitrogens with zero attached hydrogens (tertiary/aromatic N) is 1. The summed E-state index contributed by atoms with van der Waals surface area (Å²) in [5, 5.41) is 13.1. The van der Waals surface area contributed by atoms with Gasteiger partial charge in [-0.3, -0.25) is 9.59 Å². The molecule has 5 nitrogen and oxygen atoms in total. The van der Waals surface area contributed by atoms with Crippen LogP contribution < -0.4 is 5.32 Å². The zero-order chi connectivity index (χ0) is 18.5. The Kier molecular flexibility index (Phi) is 5.93. The smallest absolute Gasteiger partial charge is 0.305 e. The molecule has 0 saturated carbocycles. The first-order chi connectivity index (χ1) is 12.6. The van der Waals surface area contributed by atoms with E-state index in [-0.39, 0.29) is 12.3 Å². The van der Waals surface area contributed by atoms with E-state index in [2.05, 4.69) is 21.2 Å². The Morgan fingerprint density at radius 3 is 2.65 bits per heavy atom. The highest BCUT2D eigenvalue weighted by Crippen LogP contribution is 2.26. The van der Waals surface area contributed by atoms with Crippen LogP contribution in [-0.2, 0) is 27.9 Å². The number of carbonyl (C=O) groups excluding carboxylic acids is 1. The zero-order valence-corrected chi connectivity index (χ0v) is 15.9. The summed E-state index contributed by atoms with van der Waals surface area (Å²) in [7, 11) is 0. The second-order valence-electron chi connectivity index (χ2n) is 6.42. The number of carbonyl (C=O) groups is 2. The maximum absolute atomic E-state index is 12.9. The highest BCUT2D eigenvalue weighted by Gasteiger charge is 2.30. The van der Waals surface area contributed by atoms with E-state index in [9.17, 15) is 14.7 Å². The summed E-state index contributed by atoms with van der Waals surface area (Å²) in [6.07, 6.45) is 0.500. The number of halogens is 1. The maximum Gasteiger partial charge on any atom is 0.305 e. The van der Waals surface area contributed by atoms with Gasteiger partial charge in [0.05, 0.1) is 6.42 Å². The minimum atomic E-state index is -0.987. The molecule has 3 rings (SSSR count). The predicted molar refractivity (Wildman–Crippen MR) is 104 cm³/mol. The third-order valence-corrected chi connectivity index (χ3v) is 5.17. The first kappa shape index (κ1) is 18.5. The zero-order valence-electron chi connectivity index (χ0n) is 14.3. The van der Waals surface area contributed by atoms with Crippen molar-refractivity contribution in [1.29, 1.82) is 0 Å². The number of hydrogen-bond donors (Lipinski definition) is 2. The van der Waals surface area contributed by atoms with Crippen LogP contribution in [0.2, 0.25) is 0 Å². The van der Waals surface area contributed by atoms with E-state index >= 15 is 0 Å². The van der Waals surface area contributed by atoms with Crippen LogP contribution in [0.5, 0.6) is 0 Å². The Bertz CT molecular complexity index is 795. The van der Waals surface area contributed by atoms with Crippen molar-refractivity contribution in [2.45, 2.75) is 30.8 Å². The first-order valence-electron chi connectivity index (χ1n) is 8.55. The molecule has 0 aliphatic carbocycles. The summed E-state index contributed by atoms with van der Waals surface area (Å²) < 4.78 is 0. The van der Waals surface area contributed by atoms with Gasteiger partial charge in [0.15, 0.2) is 0 Å². The highest BCUT2D eigenvalue weighted by molar-refractivity contribution is 9.08. The molecule has 26 heavy (non-hydrogen) atoms. The minimum absolute atomic E-state index is 0.167. The van der Waals surface area contributed by atoms with Gasteiger partial charge in [-0.1, -0.05) is 58.4 Å². The molecule has 1 aliphatic rings. The fourth-order valence-electron chi connectivity index (χ4n) is 3.14. The van der Waals surface area contributed by atoms with Crippen LogP contribution in [0.3, 0.4) is 0 Å². The number of aliphatic carboxylic acids is 1. The summed E-state index contributed by atoms with van der Waals surface area (Å²) in [6.45, 7) is 1.03. The Labute approximate surface area is 161 Å². The minimum Gasteiger partial charge on any atom is -0.481 e. The van der Waals surface area contributed by atoms with Crippen LogP contribution in [0, 0.1) is 0 Å². The van der Waals surface area contributed by atoms with Gasteiger partial charge < -0.3 is 15.3 Å². The van der Waals surface area contributed by atoms with Crippen LogP contribution in [-0.4, -0.2) is 34.5 Å². The Hall–Kier alpha value is -2.34. The van der Waals surface area contributed by atoms with Crippen molar-refractivity contribution in [2.75, 3.05) is 11.9 Å². The van der Waals surface area contributed by atoms with Crippen molar-refractivity contribution < 1.29 is 14.7 Å². The van der Waals surface area contributed by atoms with Gasteiger partial charge in [-0.2, -0.15) is 0 Å². The monoisotopic (exact) mass is 416 g/mol. The van der Waals surface area contributed by atoms with E-state index in [1.807, 2.05) is 48.5 Å². The number of carboxylic acids is 1. The van der Waals surface area contributed by atoms with Gasteiger partial charge in [0.2, 0.25) is 5.91 Å². The second kappa shape index (κ2) is 8.36. The average Bonchev–Trinajstić information content (AvgIpc) is 2.77. The number of alkyl halides is 1. The number of nitrogens with one attached hydrogen (secondary N) is 1. The molecule has 6 heteroatoms. The van der Waals surface area contributed by atoms with E-state index in [0.29, 0.717) is 18.4 Å².